The Balaban J connectivity index is 1.49. The van der Waals surface area contributed by atoms with Gasteiger partial charge in [-0.2, -0.15) is 4.98 Å². The Morgan fingerprint density at radius 1 is 1.31 bits per heavy atom. The van der Waals surface area contributed by atoms with E-state index in [0.717, 1.165) is 16.1 Å². The lowest BCUT2D eigenvalue weighted by Gasteiger charge is -1.98. The molecule has 7 nitrogen and oxygen atoms in total. The average molecular weight is 368 g/mol. The molecule has 0 bridgehead atoms. The number of hydrogen-bond acceptors (Lipinski definition) is 6. The topological polar surface area (TPSA) is 85.1 Å². The van der Waals surface area contributed by atoms with Gasteiger partial charge >= 0.3 is 0 Å². The highest BCUT2D eigenvalue weighted by molar-refractivity contribution is 7.15. The molecule has 1 N–H and O–H groups in total. The quantitative estimate of drug-likeness (QED) is 0.599. The summed E-state index contributed by atoms with van der Waals surface area (Å²) in [6, 6.07) is 8.17. The summed E-state index contributed by atoms with van der Waals surface area (Å²) in [7, 11) is 0. The van der Waals surface area contributed by atoms with E-state index in [0.29, 0.717) is 17.3 Å². The van der Waals surface area contributed by atoms with Gasteiger partial charge in [-0.15, -0.1) is 16.4 Å². The van der Waals surface area contributed by atoms with E-state index in [9.17, 15) is 9.18 Å². The molecule has 1 amide bonds. The Kier molecular flexibility index (Phi) is 4.13. The second kappa shape index (κ2) is 6.60. The number of aryl methyl sites for hydroxylation is 1. The highest BCUT2D eigenvalue weighted by Gasteiger charge is 2.16. The first-order valence-electron chi connectivity index (χ1n) is 7.77. The van der Waals surface area contributed by atoms with Crippen molar-refractivity contribution < 1.29 is 9.18 Å². The highest BCUT2D eigenvalue weighted by atomic mass is 32.1. The molecule has 1 aromatic carbocycles. The number of fused-ring (bicyclic) bond motifs is 1. The van der Waals surface area contributed by atoms with Crippen LogP contribution in [0.1, 0.15) is 26.8 Å². The van der Waals surface area contributed by atoms with Gasteiger partial charge in [0.25, 0.3) is 11.7 Å². The van der Waals surface area contributed by atoms with E-state index in [1.807, 2.05) is 13.0 Å². The monoisotopic (exact) mass is 368 g/mol. The summed E-state index contributed by atoms with van der Waals surface area (Å²) >= 11 is 1.32. The van der Waals surface area contributed by atoms with Crippen LogP contribution < -0.4 is 5.32 Å². The number of rotatable bonds is 4. The molecule has 4 aromatic rings. The molecular weight excluding hydrogens is 355 g/mol. The summed E-state index contributed by atoms with van der Waals surface area (Å²) in [6.07, 6.45) is 3.82. The smallest absolute Gasteiger partial charge is 0.295 e. The van der Waals surface area contributed by atoms with Crippen molar-refractivity contribution in [1.82, 2.24) is 24.6 Å². The molecule has 0 radical (unpaired) electrons. The van der Waals surface area contributed by atoms with Gasteiger partial charge in [0.1, 0.15) is 5.82 Å². The van der Waals surface area contributed by atoms with Gasteiger partial charge in [0, 0.05) is 29.4 Å². The van der Waals surface area contributed by atoms with Crippen molar-refractivity contribution in [3.8, 4) is 0 Å². The van der Waals surface area contributed by atoms with E-state index in [1.165, 1.54) is 28.0 Å². The Morgan fingerprint density at radius 2 is 2.19 bits per heavy atom. The van der Waals surface area contributed by atoms with Gasteiger partial charge in [-0.3, -0.25) is 10.1 Å². The van der Waals surface area contributed by atoms with E-state index in [-0.39, 0.29) is 11.6 Å². The largest absolute Gasteiger partial charge is 0.297 e. The lowest BCUT2D eigenvalue weighted by molar-refractivity contribution is 0.101. The molecule has 3 heterocycles. The van der Waals surface area contributed by atoms with Crippen LogP contribution in [0.5, 0.6) is 0 Å². The zero-order valence-electron chi connectivity index (χ0n) is 13.7. The fraction of sp³-hybridized carbons (Fsp3) is 0.118. The number of hydrogen-bond donors (Lipinski definition) is 1. The molecule has 0 unspecified atom stereocenters. The Bertz CT molecular complexity index is 1110. The van der Waals surface area contributed by atoms with Gasteiger partial charge in [0.05, 0.1) is 0 Å². The number of thiazole rings is 1. The van der Waals surface area contributed by atoms with Crippen LogP contribution in [-0.4, -0.2) is 30.5 Å². The third-order valence-electron chi connectivity index (χ3n) is 3.67. The fourth-order valence-electron chi connectivity index (χ4n) is 2.45. The van der Waals surface area contributed by atoms with Crippen LogP contribution in [0.25, 0.3) is 5.78 Å². The van der Waals surface area contributed by atoms with Gasteiger partial charge in [0.15, 0.2) is 5.13 Å². The number of aromatic nitrogens is 5. The maximum absolute atomic E-state index is 13.3. The Hall–Kier alpha value is -3.20. The van der Waals surface area contributed by atoms with E-state index in [4.69, 9.17) is 0 Å². The average Bonchev–Trinajstić information content (AvgIpc) is 3.22. The maximum atomic E-state index is 13.3. The maximum Gasteiger partial charge on any atom is 0.297 e. The number of benzene rings is 1. The molecule has 0 spiro atoms. The van der Waals surface area contributed by atoms with Crippen LogP contribution in [0.15, 0.2) is 42.7 Å². The van der Waals surface area contributed by atoms with Gasteiger partial charge in [0.2, 0.25) is 5.82 Å². The van der Waals surface area contributed by atoms with Crippen LogP contribution in [0, 0.1) is 12.7 Å². The standard InChI is InChI=1S/C17H13FN6OS/c1-10-5-6-19-16-21-14(23-24(10)16)15(25)22-17-20-9-13(26-17)8-11-3-2-4-12(18)7-11/h2-7,9H,8H2,1H3,(H,20,22,25). The number of halogens is 1. The minimum atomic E-state index is -0.457. The lowest BCUT2D eigenvalue weighted by atomic mass is 10.1. The fourth-order valence-corrected chi connectivity index (χ4v) is 3.29. The van der Waals surface area contributed by atoms with Crippen molar-refractivity contribution in [3.63, 3.8) is 0 Å². The molecule has 26 heavy (non-hydrogen) atoms. The van der Waals surface area contributed by atoms with Gasteiger partial charge < -0.3 is 0 Å². The first-order chi connectivity index (χ1) is 12.6. The van der Waals surface area contributed by atoms with E-state index < -0.39 is 5.91 Å². The van der Waals surface area contributed by atoms with E-state index in [2.05, 4.69) is 25.4 Å². The number of carbonyl (C=O) groups is 1. The summed E-state index contributed by atoms with van der Waals surface area (Å²) in [5, 5.41) is 7.28. The van der Waals surface area contributed by atoms with Crippen LogP contribution in [0.4, 0.5) is 9.52 Å². The van der Waals surface area contributed by atoms with Crippen LogP contribution >= 0.6 is 11.3 Å². The normalized spacial score (nSPS) is 11.0. The second-order valence-corrected chi connectivity index (χ2v) is 6.74. The summed E-state index contributed by atoms with van der Waals surface area (Å²) in [4.78, 5) is 25.6. The molecule has 4 rings (SSSR count). The summed E-state index contributed by atoms with van der Waals surface area (Å²) < 4.78 is 14.8. The van der Waals surface area contributed by atoms with Gasteiger partial charge in [-0.25, -0.2) is 18.9 Å². The van der Waals surface area contributed by atoms with Crippen LogP contribution in [0.3, 0.4) is 0 Å². The predicted octanol–water partition coefficient (Wildman–Crippen LogP) is 2.87. The number of carbonyl (C=O) groups excluding carboxylic acids is 1. The van der Waals surface area contributed by atoms with Crippen molar-refractivity contribution in [2.24, 2.45) is 0 Å². The SMILES string of the molecule is Cc1ccnc2nc(C(=O)Nc3ncc(Cc4cccc(F)c4)s3)nn12. The van der Waals surface area contributed by atoms with Crippen molar-refractivity contribution in [1.29, 1.82) is 0 Å². The van der Waals surface area contributed by atoms with E-state index in [1.54, 1.807) is 24.5 Å². The third kappa shape index (κ3) is 3.29. The number of anilines is 1. The summed E-state index contributed by atoms with van der Waals surface area (Å²) in [6.45, 7) is 1.85. The third-order valence-corrected chi connectivity index (χ3v) is 4.59. The van der Waals surface area contributed by atoms with Gasteiger partial charge in [-0.1, -0.05) is 12.1 Å². The molecule has 0 saturated heterocycles. The van der Waals surface area contributed by atoms with Crippen LogP contribution in [-0.2, 0) is 6.42 Å². The molecule has 3 aromatic heterocycles. The molecule has 0 fully saturated rings. The van der Waals surface area contributed by atoms with E-state index >= 15 is 0 Å². The zero-order chi connectivity index (χ0) is 18.1. The highest BCUT2D eigenvalue weighted by Crippen LogP contribution is 2.22. The second-order valence-electron chi connectivity index (χ2n) is 5.63. The zero-order valence-corrected chi connectivity index (χ0v) is 14.5. The van der Waals surface area contributed by atoms with Gasteiger partial charge in [-0.05, 0) is 30.7 Å². The Labute approximate surface area is 151 Å². The first-order valence-corrected chi connectivity index (χ1v) is 8.59. The molecule has 0 atom stereocenters. The lowest BCUT2D eigenvalue weighted by Crippen LogP contribution is -2.13. The number of nitrogens with zero attached hydrogens (tertiary/aromatic N) is 5. The predicted molar refractivity (Wildman–Crippen MR) is 94.8 cm³/mol. The molecule has 0 aliphatic carbocycles. The number of nitrogens with one attached hydrogen (secondary N) is 1. The molecular formula is C17H13FN6OS. The van der Waals surface area contributed by atoms with Crippen molar-refractivity contribution in [2.75, 3.05) is 5.32 Å². The number of amides is 1. The summed E-state index contributed by atoms with van der Waals surface area (Å²) in [5.74, 6) is -0.348. The van der Waals surface area contributed by atoms with Crippen molar-refractivity contribution >= 4 is 28.2 Å². The first kappa shape index (κ1) is 16.3. The van der Waals surface area contributed by atoms with Crippen molar-refractivity contribution in [3.05, 3.63) is 70.5 Å². The molecule has 0 aliphatic heterocycles. The molecule has 0 saturated carbocycles. The summed E-state index contributed by atoms with van der Waals surface area (Å²) in [5.41, 5.74) is 1.67. The molecule has 9 heteroatoms. The van der Waals surface area contributed by atoms with Crippen LogP contribution in [0.2, 0.25) is 0 Å². The Morgan fingerprint density at radius 3 is 3.00 bits per heavy atom. The molecule has 0 aliphatic rings. The minimum Gasteiger partial charge on any atom is -0.295 e. The molecule has 130 valence electrons. The van der Waals surface area contributed by atoms with Crippen molar-refractivity contribution in [2.45, 2.75) is 13.3 Å². The minimum absolute atomic E-state index is 0.0219.